The minimum atomic E-state index is -0.247. The molecule has 3 N–H and O–H groups in total. The van der Waals surface area contributed by atoms with Gasteiger partial charge in [-0.2, -0.15) is 5.10 Å². The summed E-state index contributed by atoms with van der Waals surface area (Å²) in [6.45, 7) is 3.03. The number of carbonyl (C=O) groups excluding carboxylic acids is 1. The lowest BCUT2D eigenvalue weighted by molar-refractivity contribution is 0.235. The summed E-state index contributed by atoms with van der Waals surface area (Å²) in [5.41, 5.74) is 3.54. The Morgan fingerprint density at radius 1 is 1.38 bits per heavy atom. The van der Waals surface area contributed by atoms with Crippen molar-refractivity contribution in [1.82, 2.24) is 20.1 Å². The van der Waals surface area contributed by atoms with Gasteiger partial charge in [0.05, 0.1) is 24.9 Å². The lowest BCUT2D eigenvalue weighted by atomic mass is 10.1. The van der Waals surface area contributed by atoms with E-state index in [4.69, 9.17) is 4.74 Å². The molecule has 2 aliphatic heterocycles. The number of hydrogen-bond acceptors (Lipinski definition) is 7. The zero-order chi connectivity index (χ0) is 22.2. The summed E-state index contributed by atoms with van der Waals surface area (Å²) in [5, 5.41) is 21.2. The molecular weight excluding hydrogens is 410 g/mol. The number of anilines is 3. The third-order valence-corrected chi connectivity index (χ3v) is 6.09. The van der Waals surface area contributed by atoms with Crippen LogP contribution in [0.4, 0.5) is 22.0 Å². The molecule has 4 heterocycles. The number of carbonyl (C=O) groups is 1. The van der Waals surface area contributed by atoms with E-state index in [-0.39, 0.29) is 18.7 Å². The van der Waals surface area contributed by atoms with Crippen molar-refractivity contribution in [2.45, 2.75) is 12.5 Å². The maximum atomic E-state index is 13.2. The predicted octanol–water partition coefficient (Wildman–Crippen LogP) is 1.34. The Morgan fingerprint density at radius 3 is 3.06 bits per heavy atom. The van der Waals surface area contributed by atoms with Gasteiger partial charge in [-0.3, -0.25) is 9.58 Å². The van der Waals surface area contributed by atoms with Gasteiger partial charge in [-0.15, -0.1) is 0 Å². The van der Waals surface area contributed by atoms with Crippen molar-refractivity contribution < 1.29 is 14.6 Å². The molecule has 32 heavy (non-hydrogen) atoms. The number of rotatable bonds is 4. The van der Waals surface area contributed by atoms with E-state index in [1.165, 1.54) is 0 Å². The summed E-state index contributed by atoms with van der Waals surface area (Å²) in [6.07, 6.45) is 4.38. The van der Waals surface area contributed by atoms with Crippen molar-refractivity contribution in [3.05, 3.63) is 36.2 Å². The number of methoxy groups -OCH3 is 1. The Labute approximate surface area is 185 Å². The normalized spacial score (nSPS) is 18.2. The van der Waals surface area contributed by atoms with Crippen LogP contribution in [0.2, 0.25) is 0 Å². The van der Waals surface area contributed by atoms with Crippen molar-refractivity contribution in [3.63, 3.8) is 0 Å². The average molecular weight is 438 g/mol. The van der Waals surface area contributed by atoms with Crippen LogP contribution >= 0.6 is 0 Å². The van der Waals surface area contributed by atoms with E-state index in [9.17, 15) is 9.90 Å². The monoisotopic (exact) mass is 437 g/mol. The fourth-order valence-electron chi connectivity index (χ4n) is 4.56. The van der Waals surface area contributed by atoms with E-state index in [0.717, 1.165) is 48.2 Å². The van der Waals surface area contributed by atoms with Gasteiger partial charge in [0, 0.05) is 74.4 Å². The molecule has 168 valence electrons. The highest BCUT2D eigenvalue weighted by Crippen LogP contribution is 2.35. The number of aliphatic hydroxyl groups is 1. The molecule has 0 bridgehead atoms. The van der Waals surface area contributed by atoms with E-state index < -0.39 is 0 Å². The topological polar surface area (TPSA) is 108 Å². The summed E-state index contributed by atoms with van der Waals surface area (Å²) < 4.78 is 7.22. The van der Waals surface area contributed by atoms with Crippen molar-refractivity contribution in [2.75, 3.05) is 55.0 Å². The number of nitrogens with one attached hydrogen (secondary N) is 2. The molecule has 1 aromatic carbocycles. The van der Waals surface area contributed by atoms with Crippen LogP contribution in [0.3, 0.4) is 0 Å². The number of aromatic nitrogens is 3. The first-order valence-corrected chi connectivity index (χ1v) is 10.7. The molecule has 2 amide bonds. The Balaban J connectivity index is 1.40. The van der Waals surface area contributed by atoms with Crippen LogP contribution in [0.25, 0.3) is 10.9 Å². The number of nitrogens with zero attached hydrogens (tertiary/aromatic N) is 5. The number of benzene rings is 1. The second-order valence-corrected chi connectivity index (χ2v) is 8.16. The maximum Gasteiger partial charge on any atom is 0.327 e. The molecular formula is C22H27N7O3. The van der Waals surface area contributed by atoms with Gasteiger partial charge in [-0.1, -0.05) is 0 Å². The Morgan fingerprint density at radius 2 is 2.25 bits per heavy atom. The van der Waals surface area contributed by atoms with Gasteiger partial charge < -0.3 is 25.4 Å². The van der Waals surface area contributed by atoms with Gasteiger partial charge >= 0.3 is 6.03 Å². The summed E-state index contributed by atoms with van der Waals surface area (Å²) >= 11 is 0. The largest absolute Gasteiger partial charge is 0.494 e. The molecule has 1 saturated heterocycles. The third-order valence-electron chi connectivity index (χ3n) is 6.09. The van der Waals surface area contributed by atoms with Gasteiger partial charge in [-0.05, 0) is 18.6 Å². The molecule has 2 aliphatic rings. The van der Waals surface area contributed by atoms with Gasteiger partial charge in [-0.25, -0.2) is 9.78 Å². The molecule has 0 unspecified atom stereocenters. The summed E-state index contributed by atoms with van der Waals surface area (Å²) in [6, 6.07) is 5.49. The molecule has 2 aromatic heterocycles. The van der Waals surface area contributed by atoms with E-state index >= 15 is 0 Å². The molecule has 1 atom stereocenters. The molecule has 0 radical (unpaired) electrons. The number of amides is 2. The van der Waals surface area contributed by atoms with Gasteiger partial charge in [0.15, 0.2) is 0 Å². The van der Waals surface area contributed by atoms with Crippen LogP contribution < -0.4 is 25.2 Å². The minimum absolute atomic E-state index is 0.0447. The van der Waals surface area contributed by atoms with Crippen LogP contribution in [0, 0.1) is 0 Å². The highest BCUT2D eigenvalue weighted by atomic mass is 16.5. The Hall–Kier alpha value is -3.37. The van der Waals surface area contributed by atoms with Crippen LogP contribution in [0.15, 0.2) is 30.6 Å². The second-order valence-electron chi connectivity index (χ2n) is 8.16. The summed E-state index contributed by atoms with van der Waals surface area (Å²) in [7, 11) is 3.43. The van der Waals surface area contributed by atoms with E-state index in [0.29, 0.717) is 23.8 Å². The van der Waals surface area contributed by atoms with Gasteiger partial charge in [0.2, 0.25) is 0 Å². The molecule has 3 aromatic rings. The van der Waals surface area contributed by atoms with E-state index in [2.05, 4.69) is 25.6 Å². The number of aliphatic hydroxyl groups excluding tert-OH is 1. The zero-order valence-electron chi connectivity index (χ0n) is 18.2. The standard InChI is InChI=1S/C22H27N7O3/c1-27-11-14-9-18(20(32-2)10-17(14)26-27)25-22(31)29-7-4-16-19(3-5-24-21(16)29)28-8-6-23-15(12-28)13-30/h3,5,9-11,15,23,30H,4,6-8,12-13H2,1-2H3,(H,25,31)/t15-/m1/s1. The number of piperazine rings is 1. The van der Waals surface area contributed by atoms with Crippen molar-refractivity contribution in [3.8, 4) is 5.75 Å². The SMILES string of the molecule is COc1cc2nn(C)cc2cc1NC(=O)N1CCc2c(N3CCN[C@@H](CO)C3)ccnc21. The van der Waals surface area contributed by atoms with Gasteiger partial charge in [0.25, 0.3) is 0 Å². The Kier molecular flexibility index (Phi) is 5.32. The minimum Gasteiger partial charge on any atom is -0.494 e. The number of ether oxygens (including phenoxy) is 1. The van der Waals surface area contributed by atoms with Crippen LogP contribution in [-0.2, 0) is 13.5 Å². The first-order chi connectivity index (χ1) is 15.6. The predicted molar refractivity (Wildman–Crippen MR) is 123 cm³/mol. The molecule has 0 saturated carbocycles. The summed E-state index contributed by atoms with van der Waals surface area (Å²) in [4.78, 5) is 21.7. The molecule has 5 rings (SSSR count). The zero-order valence-corrected chi connectivity index (χ0v) is 18.2. The van der Waals surface area contributed by atoms with Crippen LogP contribution in [0.1, 0.15) is 5.56 Å². The molecule has 0 spiro atoms. The van der Waals surface area contributed by atoms with Crippen LogP contribution in [0.5, 0.6) is 5.75 Å². The maximum absolute atomic E-state index is 13.2. The fraction of sp³-hybridized carbons (Fsp3) is 0.409. The molecule has 1 fully saturated rings. The smallest absolute Gasteiger partial charge is 0.327 e. The quantitative estimate of drug-likeness (QED) is 0.565. The fourth-order valence-corrected chi connectivity index (χ4v) is 4.56. The van der Waals surface area contributed by atoms with Crippen LogP contribution in [-0.4, -0.2) is 71.8 Å². The Bertz CT molecular complexity index is 1160. The number of hydrogen-bond donors (Lipinski definition) is 3. The first kappa shape index (κ1) is 20.5. The van der Waals surface area contributed by atoms with Gasteiger partial charge in [0.1, 0.15) is 11.6 Å². The number of aryl methyl sites for hydroxylation is 1. The van der Waals surface area contributed by atoms with Crippen molar-refractivity contribution in [1.29, 1.82) is 0 Å². The summed E-state index contributed by atoms with van der Waals surface area (Å²) in [5.74, 6) is 1.24. The third kappa shape index (κ3) is 3.61. The average Bonchev–Trinajstić information content (AvgIpc) is 3.40. The lowest BCUT2D eigenvalue weighted by Crippen LogP contribution is -2.52. The number of fused-ring (bicyclic) bond motifs is 2. The lowest BCUT2D eigenvalue weighted by Gasteiger charge is -2.35. The molecule has 0 aliphatic carbocycles. The van der Waals surface area contributed by atoms with Crippen molar-refractivity contribution in [2.24, 2.45) is 7.05 Å². The van der Waals surface area contributed by atoms with E-state index in [1.54, 1.807) is 22.9 Å². The van der Waals surface area contributed by atoms with Crippen molar-refractivity contribution >= 4 is 34.1 Å². The molecule has 10 heteroatoms. The number of urea groups is 1. The van der Waals surface area contributed by atoms with E-state index in [1.807, 2.05) is 31.4 Å². The second kappa shape index (κ2) is 8.29. The number of pyridine rings is 1. The first-order valence-electron chi connectivity index (χ1n) is 10.7. The highest BCUT2D eigenvalue weighted by Gasteiger charge is 2.31. The highest BCUT2D eigenvalue weighted by molar-refractivity contribution is 6.05. The molecule has 10 nitrogen and oxygen atoms in total.